The van der Waals surface area contributed by atoms with E-state index in [1.165, 1.54) is 6.07 Å². The van der Waals surface area contributed by atoms with Crippen LogP contribution in [0, 0.1) is 0 Å². The Bertz CT molecular complexity index is 836. The Kier molecular flexibility index (Phi) is 7.45. The highest BCUT2D eigenvalue weighted by Gasteiger charge is 2.09. The topological polar surface area (TPSA) is 70.6 Å². The third kappa shape index (κ3) is 6.67. The lowest BCUT2D eigenvalue weighted by Gasteiger charge is -2.07. The number of hydrogen-bond acceptors (Lipinski definition) is 3. The molecule has 0 heterocycles. The van der Waals surface area contributed by atoms with Crippen LogP contribution >= 0.6 is 34.8 Å². The first kappa shape index (κ1) is 20.2. The molecule has 0 bridgehead atoms. The van der Waals surface area contributed by atoms with Crippen molar-refractivity contribution in [1.82, 2.24) is 5.43 Å². The SMILES string of the molecule is C/C(CC(=O)Nc1ccc(Cl)cc1Cl)=N\NC(=O)Cc1ccc(Cl)cc1. The molecule has 2 aromatic carbocycles. The molecule has 26 heavy (non-hydrogen) atoms. The summed E-state index contributed by atoms with van der Waals surface area (Å²) in [6.07, 6.45) is 0.181. The maximum atomic E-state index is 12.0. The number of carbonyl (C=O) groups is 2. The third-order valence-corrected chi connectivity index (χ3v) is 4.07. The second kappa shape index (κ2) is 9.57. The molecule has 0 aliphatic heterocycles. The van der Waals surface area contributed by atoms with Crippen LogP contribution in [0.5, 0.6) is 0 Å². The Hall–Kier alpha value is -2.08. The molecule has 2 rings (SSSR count). The summed E-state index contributed by atoms with van der Waals surface area (Å²) in [6, 6.07) is 11.7. The van der Waals surface area contributed by atoms with E-state index >= 15 is 0 Å². The van der Waals surface area contributed by atoms with Crippen molar-refractivity contribution in [2.75, 3.05) is 5.32 Å². The third-order valence-electron chi connectivity index (χ3n) is 3.27. The fraction of sp³-hybridized carbons (Fsp3) is 0.167. The molecule has 0 aliphatic carbocycles. The van der Waals surface area contributed by atoms with Crippen LogP contribution in [-0.4, -0.2) is 17.5 Å². The number of hydrazone groups is 1. The fourth-order valence-electron chi connectivity index (χ4n) is 2.04. The van der Waals surface area contributed by atoms with Gasteiger partial charge in [0.25, 0.3) is 0 Å². The molecule has 0 aliphatic rings. The number of halogens is 3. The average Bonchev–Trinajstić information content (AvgIpc) is 2.58. The molecule has 0 unspecified atom stereocenters. The summed E-state index contributed by atoms with van der Waals surface area (Å²) in [5, 5.41) is 8.03. The van der Waals surface area contributed by atoms with E-state index in [9.17, 15) is 9.59 Å². The molecule has 2 aromatic rings. The van der Waals surface area contributed by atoms with E-state index in [0.29, 0.717) is 26.5 Å². The van der Waals surface area contributed by atoms with E-state index in [1.54, 1.807) is 43.3 Å². The normalized spacial score (nSPS) is 11.2. The molecule has 0 aromatic heterocycles. The van der Waals surface area contributed by atoms with Crippen LogP contribution in [0.15, 0.2) is 47.6 Å². The van der Waals surface area contributed by atoms with Gasteiger partial charge in [0.2, 0.25) is 11.8 Å². The molecule has 0 radical (unpaired) electrons. The van der Waals surface area contributed by atoms with Gasteiger partial charge in [0.15, 0.2) is 0 Å². The van der Waals surface area contributed by atoms with Crippen LogP contribution in [0.4, 0.5) is 5.69 Å². The molecule has 2 N–H and O–H groups in total. The standard InChI is InChI=1S/C18H16Cl3N3O2/c1-11(8-17(25)22-16-7-6-14(20)10-15(16)21)23-24-18(26)9-12-2-4-13(19)5-3-12/h2-7,10H,8-9H2,1H3,(H,22,25)(H,24,26)/b23-11+. The number of nitrogens with zero attached hydrogens (tertiary/aromatic N) is 1. The lowest BCUT2D eigenvalue weighted by molar-refractivity contribution is -0.120. The number of carbonyl (C=O) groups excluding carboxylic acids is 2. The Morgan fingerprint density at radius 3 is 2.27 bits per heavy atom. The van der Waals surface area contributed by atoms with Crippen molar-refractivity contribution in [3.05, 3.63) is 63.1 Å². The van der Waals surface area contributed by atoms with Crippen LogP contribution in [0.25, 0.3) is 0 Å². The summed E-state index contributed by atoms with van der Waals surface area (Å²) in [5.74, 6) is -0.588. The predicted octanol–water partition coefficient (Wildman–Crippen LogP) is 4.71. The van der Waals surface area contributed by atoms with Gasteiger partial charge in [0.05, 0.1) is 23.6 Å². The van der Waals surface area contributed by atoms with E-state index < -0.39 is 0 Å². The number of benzene rings is 2. The summed E-state index contributed by atoms with van der Waals surface area (Å²) < 4.78 is 0. The monoisotopic (exact) mass is 411 g/mol. The van der Waals surface area contributed by atoms with E-state index in [-0.39, 0.29) is 24.7 Å². The minimum atomic E-state index is -0.303. The first-order chi connectivity index (χ1) is 12.3. The highest BCUT2D eigenvalue weighted by Crippen LogP contribution is 2.25. The maximum Gasteiger partial charge on any atom is 0.244 e. The summed E-state index contributed by atoms with van der Waals surface area (Å²) in [7, 11) is 0. The Morgan fingerprint density at radius 1 is 0.962 bits per heavy atom. The summed E-state index contributed by atoms with van der Waals surface area (Å²) in [4.78, 5) is 23.9. The van der Waals surface area contributed by atoms with Crippen molar-refractivity contribution in [2.24, 2.45) is 5.10 Å². The molecule has 0 atom stereocenters. The van der Waals surface area contributed by atoms with Gasteiger partial charge in [-0.3, -0.25) is 9.59 Å². The zero-order chi connectivity index (χ0) is 19.1. The number of rotatable bonds is 6. The van der Waals surface area contributed by atoms with Gasteiger partial charge in [0, 0.05) is 15.8 Å². The lowest BCUT2D eigenvalue weighted by Crippen LogP contribution is -2.22. The number of hydrogen-bond donors (Lipinski definition) is 2. The van der Waals surface area contributed by atoms with E-state index in [0.717, 1.165) is 5.56 Å². The molecular weight excluding hydrogens is 397 g/mol. The largest absolute Gasteiger partial charge is 0.324 e. The van der Waals surface area contributed by atoms with Gasteiger partial charge in [-0.1, -0.05) is 46.9 Å². The van der Waals surface area contributed by atoms with E-state index in [2.05, 4.69) is 15.8 Å². The Morgan fingerprint density at radius 2 is 1.62 bits per heavy atom. The number of amides is 2. The minimum absolute atomic E-state index is 0.0141. The number of anilines is 1. The molecule has 136 valence electrons. The zero-order valence-electron chi connectivity index (χ0n) is 13.9. The molecule has 0 saturated carbocycles. The predicted molar refractivity (Wildman–Crippen MR) is 106 cm³/mol. The molecule has 0 saturated heterocycles. The molecule has 0 fully saturated rings. The summed E-state index contributed by atoms with van der Waals surface area (Å²) in [6.45, 7) is 1.64. The van der Waals surface area contributed by atoms with Gasteiger partial charge in [-0.05, 0) is 42.8 Å². The molecule has 0 spiro atoms. The average molecular weight is 413 g/mol. The summed E-state index contributed by atoms with van der Waals surface area (Å²) >= 11 is 17.6. The Balaban J connectivity index is 1.83. The van der Waals surface area contributed by atoms with E-state index in [1.807, 2.05) is 0 Å². The Labute approximate surface area is 166 Å². The van der Waals surface area contributed by atoms with Crippen molar-refractivity contribution in [3.8, 4) is 0 Å². The van der Waals surface area contributed by atoms with Crippen LogP contribution in [0.3, 0.4) is 0 Å². The molecule has 2 amide bonds. The summed E-state index contributed by atoms with van der Waals surface area (Å²) in [5.41, 5.74) is 4.16. The zero-order valence-corrected chi connectivity index (χ0v) is 16.1. The minimum Gasteiger partial charge on any atom is -0.324 e. The van der Waals surface area contributed by atoms with Crippen LogP contribution < -0.4 is 10.7 Å². The number of nitrogens with one attached hydrogen (secondary N) is 2. The van der Waals surface area contributed by atoms with Crippen molar-refractivity contribution in [3.63, 3.8) is 0 Å². The first-order valence-corrected chi connectivity index (χ1v) is 8.78. The fourth-order valence-corrected chi connectivity index (χ4v) is 2.62. The maximum absolute atomic E-state index is 12.0. The van der Waals surface area contributed by atoms with Gasteiger partial charge >= 0.3 is 0 Å². The van der Waals surface area contributed by atoms with Crippen LogP contribution in [-0.2, 0) is 16.0 Å². The first-order valence-electron chi connectivity index (χ1n) is 7.65. The van der Waals surface area contributed by atoms with Crippen molar-refractivity contribution in [2.45, 2.75) is 19.8 Å². The van der Waals surface area contributed by atoms with Gasteiger partial charge in [-0.2, -0.15) is 5.10 Å². The van der Waals surface area contributed by atoms with Gasteiger partial charge in [0.1, 0.15) is 0 Å². The second-order valence-electron chi connectivity index (χ2n) is 5.53. The van der Waals surface area contributed by atoms with Crippen molar-refractivity contribution >= 4 is 58.0 Å². The lowest BCUT2D eigenvalue weighted by atomic mass is 10.1. The van der Waals surface area contributed by atoms with Gasteiger partial charge in [-0.25, -0.2) is 5.43 Å². The van der Waals surface area contributed by atoms with Gasteiger partial charge < -0.3 is 5.32 Å². The van der Waals surface area contributed by atoms with Crippen LogP contribution in [0.2, 0.25) is 15.1 Å². The van der Waals surface area contributed by atoms with Crippen LogP contribution in [0.1, 0.15) is 18.9 Å². The molecular formula is C18H16Cl3N3O2. The smallest absolute Gasteiger partial charge is 0.244 e. The highest BCUT2D eigenvalue weighted by atomic mass is 35.5. The molecule has 5 nitrogen and oxygen atoms in total. The van der Waals surface area contributed by atoms with Crippen molar-refractivity contribution in [1.29, 1.82) is 0 Å². The van der Waals surface area contributed by atoms with Crippen molar-refractivity contribution < 1.29 is 9.59 Å². The quantitative estimate of drug-likeness (QED) is 0.533. The molecule has 8 heteroatoms. The highest BCUT2D eigenvalue weighted by molar-refractivity contribution is 6.36. The second-order valence-corrected chi connectivity index (χ2v) is 6.81. The van der Waals surface area contributed by atoms with Gasteiger partial charge in [-0.15, -0.1) is 0 Å². The van der Waals surface area contributed by atoms with E-state index in [4.69, 9.17) is 34.8 Å².